The summed E-state index contributed by atoms with van der Waals surface area (Å²) < 4.78 is 10.6. The Hall–Kier alpha value is -3.35. The normalized spacial score (nSPS) is 12.9. The van der Waals surface area contributed by atoms with Crippen molar-refractivity contribution in [2.24, 2.45) is 5.92 Å². The van der Waals surface area contributed by atoms with Crippen LogP contribution in [0, 0.1) is 5.92 Å². The first-order valence-corrected chi connectivity index (χ1v) is 10.7. The molecule has 0 bridgehead atoms. The molecule has 0 unspecified atom stereocenters. The molecular weight excluding hydrogens is 408 g/mol. The van der Waals surface area contributed by atoms with Crippen molar-refractivity contribution in [3.63, 3.8) is 0 Å². The molecule has 2 rings (SSSR count). The van der Waals surface area contributed by atoms with E-state index in [1.807, 2.05) is 60.7 Å². The largest absolute Gasteiger partial charge is 0.459 e. The molecule has 0 aliphatic rings. The fraction of sp³-hybridized carbons (Fsp3) is 0.400. The van der Waals surface area contributed by atoms with Gasteiger partial charge in [0.2, 0.25) is 5.91 Å². The van der Waals surface area contributed by atoms with E-state index in [4.69, 9.17) is 9.47 Å². The van der Waals surface area contributed by atoms with Gasteiger partial charge >= 0.3 is 12.1 Å². The topological polar surface area (TPSA) is 93.7 Å². The number of benzene rings is 2. The number of amides is 2. The zero-order valence-corrected chi connectivity index (χ0v) is 19.1. The summed E-state index contributed by atoms with van der Waals surface area (Å²) in [6.45, 7) is 7.16. The van der Waals surface area contributed by atoms with Crippen LogP contribution in [-0.2, 0) is 32.1 Å². The molecule has 0 aliphatic heterocycles. The highest BCUT2D eigenvalue weighted by molar-refractivity contribution is 5.86. The Morgan fingerprint density at radius 3 is 2.03 bits per heavy atom. The Kier molecular flexibility index (Phi) is 9.25. The van der Waals surface area contributed by atoms with Crippen molar-refractivity contribution in [3.8, 4) is 0 Å². The van der Waals surface area contributed by atoms with Crippen LogP contribution >= 0.6 is 0 Å². The summed E-state index contributed by atoms with van der Waals surface area (Å²) >= 11 is 0. The molecule has 0 aromatic heterocycles. The number of hydrogen-bond donors (Lipinski definition) is 2. The Morgan fingerprint density at radius 2 is 1.47 bits per heavy atom. The van der Waals surface area contributed by atoms with Crippen LogP contribution in [0.1, 0.15) is 38.8 Å². The molecule has 0 heterocycles. The SMILES string of the molecule is C[C@H](CNC(=O)OC(C)(C)C)C(=O)N[C@@H](Cc1ccccc1)C(=O)OCc1ccccc1. The Morgan fingerprint density at radius 1 is 0.906 bits per heavy atom. The van der Waals surface area contributed by atoms with E-state index in [-0.39, 0.29) is 19.1 Å². The van der Waals surface area contributed by atoms with Crippen LogP contribution in [0.2, 0.25) is 0 Å². The number of carbonyl (C=O) groups excluding carboxylic acids is 3. The second-order valence-corrected chi connectivity index (χ2v) is 8.63. The molecule has 172 valence electrons. The molecule has 7 nitrogen and oxygen atoms in total. The van der Waals surface area contributed by atoms with Crippen molar-refractivity contribution in [1.29, 1.82) is 0 Å². The zero-order chi connectivity index (χ0) is 23.6. The monoisotopic (exact) mass is 440 g/mol. The van der Waals surface area contributed by atoms with Crippen LogP contribution < -0.4 is 10.6 Å². The van der Waals surface area contributed by atoms with Gasteiger partial charge in [-0.15, -0.1) is 0 Å². The van der Waals surface area contributed by atoms with Gasteiger partial charge in [-0.25, -0.2) is 9.59 Å². The van der Waals surface area contributed by atoms with E-state index in [1.165, 1.54) is 0 Å². The third-order valence-electron chi connectivity index (χ3n) is 4.51. The second-order valence-electron chi connectivity index (χ2n) is 8.63. The Balaban J connectivity index is 1.97. The molecule has 7 heteroatoms. The van der Waals surface area contributed by atoms with Gasteiger partial charge in [-0.05, 0) is 31.9 Å². The van der Waals surface area contributed by atoms with Crippen LogP contribution in [0.15, 0.2) is 60.7 Å². The number of ether oxygens (including phenoxy) is 2. The first kappa shape index (κ1) is 24.9. The van der Waals surface area contributed by atoms with E-state index in [9.17, 15) is 14.4 Å². The summed E-state index contributed by atoms with van der Waals surface area (Å²) in [5.41, 5.74) is 1.13. The minimum absolute atomic E-state index is 0.0812. The molecule has 32 heavy (non-hydrogen) atoms. The minimum Gasteiger partial charge on any atom is -0.459 e. The highest BCUT2D eigenvalue weighted by Crippen LogP contribution is 2.09. The average molecular weight is 441 g/mol. The van der Waals surface area contributed by atoms with Crippen LogP contribution in [0.4, 0.5) is 4.79 Å². The molecule has 2 N–H and O–H groups in total. The van der Waals surface area contributed by atoms with Crippen LogP contribution in [-0.4, -0.2) is 36.2 Å². The molecule has 0 spiro atoms. The standard InChI is InChI=1S/C25H32N2O5/c1-18(16-26-24(30)32-25(2,3)4)22(28)27-21(15-19-11-7-5-8-12-19)23(29)31-17-20-13-9-6-10-14-20/h5-14,18,21H,15-17H2,1-4H3,(H,26,30)(H,27,28)/t18-,21+/m1/s1. The number of alkyl carbamates (subject to hydrolysis) is 1. The molecular formula is C25H32N2O5. The molecule has 2 aromatic carbocycles. The first-order chi connectivity index (χ1) is 15.1. The highest BCUT2D eigenvalue weighted by atomic mass is 16.6. The summed E-state index contributed by atoms with van der Waals surface area (Å²) in [6.07, 6.45) is -0.299. The number of carbonyl (C=O) groups is 3. The van der Waals surface area contributed by atoms with Crippen molar-refractivity contribution in [1.82, 2.24) is 10.6 Å². The van der Waals surface area contributed by atoms with Crippen molar-refractivity contribution in [2.45, 2.75) is 52.4 Å². The van der Waals surface area contributed by atoms with Gasteiger partial charge in [0.15, 0.2) is 0 Å². The lowest BCUT2D eigenvalue weighted by molar-refractivity contribution is -0.149. The molecule has 0 saturated heterocycles. The predicted molar refractivity (Wildman–Crippen MR) is 122 cm³/mol. The zero-order valence-electron chi connectivity index (χ0n) is 19.1. The lowest BCUT2D eigenvalue weighted by Crippen LogP contribution is -2.47. The fourth-order valence-corrected chi connectivity index (χ4v) is 2.83. The predicted octanol–water partition coefficient (Wildman–Crippen LogP) is 3.62. The van der Waals surface area contributed by atoms with Gasteiger partial charge in [0, 0.05) is 13.0 Å². The Labute approximate surface area is 189 Å². The second kappa shape index (κ2) is 11.9. The quantitative estimate of drug-likeness (QED) is 0.581. The van der Waals surface area contributed by atoms with E-state index in [1.54, 1.807) is 27.7 Å². The van der Waals surface area contributed by atoms with Crippen LogP contribution in [0.3, 0.4) is 0 Å². The van der Waals surface area contributed by atoms with E-state index in [2.05, 4.69) is 10.6 Å². The van der Waals surface area contributed by atoms with Gasteiger partial charge in [-0.2, -0.15) is 0 Å². The van der Waals surface area contributed by atoms with Crippen molar-refractivity contribution < 1.29 is 23.9 Å². The average Bonchev–Trinajstić information content (AvgIpc) is 2.75. The number of nitrogens with one attached hydrogen (secondary N) is 2. The number of rotatable bonds is 9. The van der Waals surface area contributed by atoms with Gasteiger partial charge in [-0.3, -0.25) is 4.79 Å². The maximum Gasteiger partial charge on any atom is 0.407 e. The lowest BCUT2D eigenvalue weighted by Gasteiger charge is -2.22. The van der Waals surface area contributed by atoms with Gasteiger partial charge in [-0.1, -0.05) is 67.6 Å². The van der Waals surface area contributed by atoms with Gasteiger partial charge in [0.1, 0.15) is 18.2 Å². The summed E-state index contributed by atoms with van der Waals surface area (Å²) in [5, 5.41) is 5.35. The van der Waals surface area contributed by atoms with Crippen LogP contribution in [0.25, 0.3) is 0 Å². The minimum atomic E-state index is -0.849. The van der Waals surface area contributed by atoms with Gasteiger partial charge in [0.25, 0.3) is 0 Å². The fourth-order valence-electron chi connectivity index (χ4n) is 2.83. The van der Waals surface area contributed by atoms with Crippen molar-refractivity contribution in [2.75, 3.05) is 6.54 Å². The molecule has 0 radical (unpaired) electrons. The summed E-state index contributed by atoms with van der Waals surface area (Å²) in [5.74, 6) is -1.44. The molecule has 2 aromatic rings. The van der Waals surface area contributed by atoms with E-state index in [0.717, 1.165) is 11.1 Å². The molecule has 0 saturated carbocycles. The summed E-state index contributed by atoms with van der Waals surface area (Å²) in [4.78, 5) is 37.3. The third kappa shape index (κ3) is 9.20. The van der Waals surface area contributed by atoms with Crippen LogP contribution in [0.5, 0.6) is 0 Å². The first-order valence-electron chi connectivity index (χ1n) is 10.7. The van der Waals surface area contributed by atoms with E-state index >= 15 is 0 Å². The third-order valence-corrected chi connectivity index (χ3v) is 4.51. The number of esters is 1. The highest BCUT2D eigenvalue weighted by Gasteiger charge is 2.26. The molecule has 0 aliphatic carbocycles. The Bertz CT molecular complexity index is 878. The van der Waals surface area contributed by atoms with E-state index in [0.29, 0.717) is 6.42 Å². The van der Waals surface area contributed by atoms with Gasteiger partial charge in [0.05, 0.1) is 5.92 Å². The van der Waals surface area contributed by atoms with E-state index < -0.39 is 29.6 Å². The maximum absolute atomic E-state index is 12.8. The summed E-state index contributed by atoms with van der Waals surface area (Å²) in [6, 6.07) is 17.9. The van der Waals surface area contributed by atoms with Gasteiger partial charge < -0.3 is 20.1 Å². The maximum atomic E-state index is 12.8. The molecule has 2 atom stereocenters. The molecule has 0 fully saturated rings. The lowest BCUT2D eigenvalue weighted by atomic mass is 10.0. The summed E-state index contributed by atoms with van der Waals surface area (Å²) in [7, 11) is 0. The van der Waals surface area contributed by atoms with Crippen molar-refractivity contribution >= 4 is 18.0 Å². The number of hydrogen-bond acceptors (Lipinski definition) is 5. The smallest absolute Gasteiger partial charge is 0.407 e. The molecule has 2 amide bonds. The van der Waals surface area contributed by atoms with Crippen molar-refractivity contribution in [3.05, 3.63) is 71.8 Å².